The van der Waals surface area contributed by atoms with Crippen LogP contribution in [-0.2, 0) is 6.18 Å². The van der Waals surface area contributed by atoms with Gasteiger partial charge in [0.25, 0.3) is 0 Å². The second kappa shape index (κ2) is 7.95. The minimum Gasteiger partial charge on any atom is -0.270 e. The quantitative estimate of drug-likeness (QED) is 0.395. The van der Waals surface area contributed by atoms with Crippen molar-refractivity contribution in [2.24, 2.45) is 0 Å². The van der Waals surface area contributed by atoms with Gasteiger partial charge in [-0.15, -0.1) is 10.2 Å². The van der Waals surface area contributed by atoms with E-state index in [4.69, 9.17) is 0 Å². The van der Waals surface area contributed by atoms with Gasteiger partial charge in [0.1, 0.15) is 5.03 Å². The highest BCUT2D eigenvalue weighted by atomic mass is 32.2. The van der Waals surface area contributed by atoms with Crippen molar-refractivity contribution in [1.29, 1.82) is 0 Å². The molecule has 0 aliphatic rings. The molecule has 0 atom stereocenters. The summed E-state index contributed by atoms with van der Waals surface area (Å²) in [6.45, 7) is 4.06. The second-order valence-corrected chi connectivity index (χ2v) is 7.75. The number of benzene rings is 2. The Morgan fingerprint density at radius 2 is 1.63 bits per heavy atom. The summed E-state index contributed by atoms with van der Waals surface area (Å²) in [6.07, 6.45) is -3.59. The van der Waals surface area contributed by atoms with E-state index < -0.39 is 11.7 Å². The van der Waals surface area contributed by atoms with Gasteiger partial charge in [0.2, 0.25) is 5.16 Å². The molecule has 0 radical (unpaired) electrons. The fraction of sp³-hybridized carbons (Fsp3) is 0.136. The highest BCUT2D eigenvalue weighted by Gasteiger charge is 2.30. The van der Waals surface area contributed by atoms with Crippen LogP contribution in [0.5, 0.6) is 0 Å². The maximum atomic E-state index is 12.8. The third kappa shape index (κ3) is 4.09. The van der Waals surface area contributed by atoms with Gasteiger partial charge >= 0.3 is 6.18 Å². The fourth-order valence-electron chi connectivity index (χ4n) is 2.91. The van der Waals surface area contributed by atoms with Crippen molar-refractivity contribution in [3.8, 4) is 17.1 Å². The van der Waals surface area contributed by atoms with Crippen molar-refractivity contribution < 1.29 is 13.2 Å². The minimum absolute atomic E-state index is 0.403. The van der Waals surface area contributed by atoms with E-state index in [1.54, 1.807) is 0 Å². The third-order valence-electron chi connectivity index (χ3n) is 4.67. The SMILES string of the molecule is Cc1ccc(-n2c(Sc3ccc(C(F)(F)F)cn3)nnc2-c2ccccc2)cc1C. The van der Waals surface area contributed by atoms with Crippen molar-refractivity contribution in [3.63, 3.8) is 0 Å². The second-order valence-electron chi connectivity index (χ2n) is 6.76. The van der Waals surface area contributed by atoms with Crippen LogP contribution < -0.4 is 0 Å². The van der Waals surface area contributed by atoms with Crippen LogP contribution in [0.1, 0.15) is 16.7 Å². The van der Waals surface area contributed by atoms with Crippen LogP contribution in [-0.4, -0.2) is 19.7 Å². The van der Waals surface area contributed by atoms with E-state index in [9.17, 15) is 13.2 Å². The first-order chi connectivity index (χ1) is 14.3. The van der Waals surface area contributed by atoms with Gasteiger partial charge in [-0.2, -0.15) is 13.2 Å². The summed E-state index contributed by atoms with van der Waals surface area (Å²) in [5.41, 5.74) is 3.25. The number of rotatable bonds is 4. The van der Waals surface area contributed by atoms with Gasteiger partial charge in [0.15, 0.2) is 5.82 Å². The summed E-state index contributed by atoms with van der Waals surface area (Å²) in [6, 6.07) is 18.0. The lowest BCUT2D eigenvalue weighted by Crippen LogP contribution is -2.05. The Kier molecular flexibility index (Phi) is 5.34. The number of nitrogens with zero attached hydrogens (tertiary/aromatic N) is 4. The van der Waals surface area contributed by atoms with Gasteiger partial charge in [-0.3, -0.25) is 4.57 Å². The molecule has 0 saturated carbocycles. The van der Waals surface area contributed by atoms with Gasteiger partial charge in [0.05, 0.1) is 11.3 Å². The fourth-order valence-corrected chi connectivity index (χ4v) is 3.70. The van der Waals surface area contributed by atoms with Gasteiger partial charge in [-0.1, -0.05) is 36.4 Å². The number of halogens is 3. The zero-order valence-corrected chi connectivity index (χ0v) is 17.0. The normalized spacial score (nSPS) is 11.6. The molecule has 4 aromatic rings. The number of aryl methyl sites for hydroxylation is 2. The highest BCUT2D eigenvalue weighted by Crippen LogP contribution is 2.34. The molecule has 152 valence electrons. The molecule has 8 heteroatoms. The molecule has 2 heterocycles. The molecular weight excluding hydrogens is 409 g/mol. The van der Waals surface area contributed by atoms with Gasteiger partial charge in [-0.05, 0) is 61.0 Å². The molecule has 0 bridgehead atoms. The molecule has 0 unspecified atom stereocenters. The molecule has 2 aromatic heterocycles. The van der Waals surface area contributed by atoms with E-state index in [-0.39, 0.29) is 0 Å². The average molecular weight is 426 g/mol. The molecule has 4 rings (SSSR count). The Bertz CT molecular complexity index is 1170. The highest BCUT2D eigenvalue weighted by molar-refractivity contribution is 7.99. The van der Waals surface area contributed by atoms with Crippen LogP contribution in [0.3, 0.4) is 0 Å². The molecule has 0 spiro atoms. The minimum atomic E-state index is -4.42. The lowest BCUT2D eigenvalue weighted by atomic mass is 10.1. The molecule has 0 aliphatic heterocycles. The summed E-state index contributed by atoms with van der Waals surface area (Å²) in [4.78, 5) is 3.95. The lowest BCUT2D eigenvalue weighted by molar-refractivity contribution is -0.137. The Balaban J connectivity index is 1.78. The van der Waals surface area contributed by atoms with Crippen LogP contribution in [0.4, 0.5) is 13.2 Å². The Hall–Kier alpha value is -3.13. The summed E-state index contributed by atoms with van der Waals surface area (Å²) < 4.78 is 40.4. The Labute approximate surface area is 175 Å². The van der Waals surface area contributed by atoms with Gasteiger partial charge in [-0.25, -0.2) is 4.98 Å². The molecular formula is C22H17F3N4S. The molecule has 0 amide bonds. The van der Waals surface area contributed by atoms with Crippen LogP contribution in [0.15, 0.2) is 77.0 Å². The first kappa shape index (κ1) is 20.2. The van der Waals surface area contributed by atoms with E-state index in [2.05, 4.69) is 15.2 Å². The van der Waals surface area contributed by atoms with E-state index in [0.29, 0.717) is 16.0 Å². The predicted octanol–water partition coefficient (Wildman–Crippen LogP) is 6.12. The molecule has 30 heavy (non-hydrogen) atoms. The maximum absolute atomic E-state index is 12.8. The Morgan fingerprint density at radius 3 is 2.27 bits per heavy atom. The predicted molar refractivity (Wildman–Crippen MR) is 110 cm³/mol. The zero-order valence-electron chi connectivity index (χ0n) is 16.2. The van der Waals surface area contributed by atoms with Gasteiger partial charge < -0.3 is 0 Å². The summed E-state index contributed by atoms with van der Waals surface area (Å²) in [5.74, 6) is 0.647. The molecule has 0 N–H and O–H groups in total. The molecule has 0 aliphatic carbocycles. The molecule has 0 fully saturated rings. The molecule has 0 saturated heterocycles. The van der Waals surface area contributed by atoms with Crippen LogP contribution in [0.2, 0.25) is 0 Å². The first-order valence-electron chi connectivity index (χ1n) is 9.12. The van der Waals surface area contributed by atoms with E-state index in [0.717, 1.165) is 46.4 Å². The number of hydrogen-bond acceptors (Lipinski definition) is 4. The first-order valence-corrected chi connectivity index (χ1v) is 9.94. The number of pyridine rings is 1. The summed E-state index contributed by atoms with van der Waals surface area (Å²) >= 11 is 1.16. The van der Waals surface area contributed by atoms with Crippen LogP contribution in [0.25, 0.3) is 17.1 Å². The smallest absolute Gasteiger partial charge is 0.270 e. The van der Waals surface area contributed by atoms with Crippen molar-refractivity contribution in [1.82, 2.24) is 19.7 Å². The Morgan fingerprint density at radius 1 is 0.867 bits per heavy atom. The maximum Gasteiger partial charge on any atom is 0.417 e. The van der Waals surface area contributed by atoms with Crippen molar-refractivity contribution >= 4 is 11.8 Å². The molecule has 4 nitrogen and oxygen atoms in total. The zero-order chi connectivity index (χ0) is 21.3. The number of alkyl halides is 3. The van der Waals surface area contributed by atoms with E-state index in [1.807, 2.05) is 66.9 Å². The topological polar surface area (TPSA) is 43.6 Å². The van der Waals surface area contributed by atoms with E-state index >= 15 is 0 Å². The van der Waals surface area contributed by atoms with Gasteiger partial charge in [0, 0.05) is 11.8 Å². The molecule has 2 aromatic carbocycles. The van der Waals surface area contributed by atoms with Crippen molar-refractivity contribution in [2.75, 3.05) is 0 Å². The standard InChI is InChI=1S/C22H17F3N4S/c1-14-8-10-18(12-15(14)2)29-20(16-6-4-3-5-7-16)27-28-21(29)30-19-11-9-17(13-26-19)22(23,24)25/h3-13H,1-2H3. The summed E-state index contributed by atoms with van der Waals surface area (Å²) in [7, 11) is 0. The lowest BCUT2D eigenvalue weighted by Gasteiger charge is -2.12. The average Bonchev–Trinajstić information content (AvgIpc) is 3.14. The van der Waals surface area contributed by atoms with Crippen LogP contribution >= 0.6 is 11.8 Å². The summed E-state index contributed by atoms with van der Waals surface area (Å²) in [5, 5.41) is 9.57. The van der Waals surface area contributed by atoms with Crippen molar-refractivity contribution in [2.45, 2.75) is 30.2 Å². The number of aromatic nitrogens is 4. The monoisotopic (exact) mass is 426 g/mol. The van der Waals surface area contributed by atoms with Crippen molar-refractivity contribution in [3.05, 3.63) is 83.6 Å². The van der Waals surface area contributed by atoms with E-state index in [1.165, 1.54) is 6.07 Å². The largest absolute Gasteiger partial charge is 0.417 e. The van der Waals surface area contributed by atoms with Crippen LogP contribution in [0, 0.1) is 13.8 Å². The third-order valence-corrected chi connectivity index (χ3v) is 5.57. The number of hydrogen-bond donors (Lipinski definition) is 0.